The van der Waals surface area contributed by atoms with Crippen molar-refractivity contribution in [1.29, 1.82) is 5.26 Å². The lowest BCUT2D eigenvalue weighted by Gasteiger charge is -2.44. The van der Waals surface area contributed by atoms with E-state index in [0.717, 1.165) is 24.0 Å². The van der Waals surface area contributed by atoms with Crippen LogP contribution < -0.4 is 9.80 Å². The minimum atomic E-state index is 0.669. The van der Waals surface area contributed by atoms with Crippen LogP contribution in [0.5, 0.6) is 0 Å². The molecule has 0 radical (unpaired) electrons. The van der Waals surface area contributed by atoms with Crippen molar-refractivity contribution in [1.82, 2.24) is 0 Å². The highest BCUT2D eigenvalue weighted by Crippen LogP contribution is 2.59. The molecule has 300 valence electrons. The van der Waals surface area contributed by atoms with Crippen molar-refractivity contribution >= 4 is 34.1 Å². The zero-order valence-corrected chi connectivity index (χ0v) is 38.7. The molecule has 0 fully saturated rings. The van der Waals surface area contributed by atoms with Gasteiger partial charge in [-0.1, -0.05) is 12.1 Å². The van der Waals surface area contributed by atoms with E-state index < -0.39 is 0 Å². The third-order valence-electron chi connectivity index (χ3n) is 15.8. The van der Waals surface area contributed by atoms with Crippen LogP contribution in [0.25, 0.3) is 11.1 Å². The van der Waals surface area contributed by atoms with E-state index in [4.69, 9.17) is 0 Å². The van der Waals surface area contributed by atoms with Crippen LogP contribution in [0.4, 0.5) is 34.1 Å². The zero-order valence-electron chi connectivity index (χ0n) is 38.7. The molecule has 0 atom stereocenters. The Hall–Kier alpha value is -5.59. The van der Waals surface area contributed by atoms with Gasteiger partial charge in [0.15, 0.2) is 0 Å². The standard InChI is InChI=1S/C56H61N3/c1-27-21-46(45-20-18-19-44(22-45)26-57)23-51(58-53-40(14)32(6)28(2)36(10)47(53)24-48-37(11)29(3)33(7)41(15)54(48)58)52(27)59-55-42(16)34(8)30(4)38(12)49(55)25-50-39(13)31(5)35(9)43(17)56(50)59/h18-23H,24-25H2,1-17H3. The minimum absolute atomic E-state index is 0.669. The molecule has 2 aliphatic heterocycles. The first-order valence-corrected chi connectivity index (χ1v) is 21.5. The van der Waals surface area contributed by atoms with Crippen LogP contribution in [0.2, 0.25) is 0 Å². The summed E-state index contributed by atoms with van der Waals surface area (Å²) in [5.74, 6) is 0. The summed E-state index contributed by atoms with van der Waals surface area (Å²) in [4.78, 5) is 5.40. The molecule has 6 aromatic carbocycles. The number of nitriles is 1. The molecule has 0 spiro atoms. The Morgan fingerprint density at radius 1 is 0.373 bits per heavy atom. The van der Waals surface area contributed by atoms with Gasteiger partial charge in [0.1, 0.15) is 0 Å². The zero-order chi connectivity index (χ0) is 42.8. The molecule has 59 heavy (non-hydrogen) atoms. The molecule has 0 amide bonds. The van der Waals surface area contributed by atoms with Crippen molar-refractivity contribution in [2.75, 3.05) is 9.80 Å². The van der Waals surface area contributed by atoms with Crippen LogP contribution >= 0.6 is 0 Å². The first-order valence-electron chi connectivity index (χ1n) is 21.5. The number of fused-ring (bicyclic) bond motifs is 4. The Bertz CT molecular complexity index is 2770. The lowest BCUT2D eigenvalue weighted by Crippen LogP contribution is -2.29. The van der Waals surface area contributed by atoms with E-state index in [9.17, 15) is 5.26 Å². The molecule has 3 heteroatoms. The number of hydrogen-bond acceptors (Lipinski definition) is 3. The van der Waals surface area contributed by atoms with Crippen molar-refractivity contribution in [2.45, 2.75) is 131 Å². The molecular weight excluding hydrogens is 715 g/mol. The Morgan fingerprint density at radius 2 is 0.729 bits per heavy atom. The van der Waals surface area contributed by atoms with Gasteiger partial charge in [-0.05, 0) is 270 Å². The van der Waals surface area contributed by atoms with Gasteiger partial charge >= 0.3 is 0 Å². The smallest absolute Gasteiger partial charge is 0.0991 e. The summed E-state index contributed by atoms with van der Waals surface area (Å²) in [5.41, 5.74) is 39.3. The molecule has 0 unspecified atom stereocenters. The highest BCUT2D eigenvalue weighted by Gasteiger charge is 2.39. The fourth-order valence-electron chi connectivity index (χ4n) is 10.8. The topological polar surface area (TPSA) is 30.3 Å². The molecule has 0 aromatic heterocycles. The quantitative estimate of drug-likeness (QED) is 0.179. The van der Waals surface area contributed by atoms with E-state index in [0.29, 0.717) is 5.56 Å². The van der Waals surface area contributed by atoms with Gasteiger partial charge in [0.2, 0.25) is 0 Å². The number of rotatable bonds is 3. The number of aryl methyl sites for hydroxylation is 1. The van der Waals surface area contributed by atoms with Gasteiger partial charge in [0.05, 0.1) is 45.8 Å². The van der Waals surface area contributed by atoms with Gasteiger partial charge in [-0.15, -0.1) is 0 Å². The summed E-state index contributed by atoms with van der Waals surface area (Å²) in [6.45, 7) is 39.6. The van der Waals surface area contributed by atoms with E-state index in [1.807, 2.05) is 18.2 Å². The molecule has 2 aliphatic rings. The maximum absolute atomic E-state index is 10.1. The van der Waals surface area contributed by atoms with Crippen molar-refractivity contribution in [3.63, 3.8) is 0 Å². The van der Waals surface area contributed by atoms with Crippen molar-refractivity contribution in [3.05, 3.63) is 159 Å². The summed E-state index contributed by atoms with van der Waals surface area (Å²) < 4.78 is 0. The SMILES string of the molecule is Cc1cc(-c2cccc(C#N)c2)cc(N2c3c(C)c(C)c(C)c(C)c3Cc3c(C)c(C)c(C)c(C)c32)c1N1c2c(C)c(C)c(C)c(C)c2Cc2c(C)c(C)c(C)c(C)c21. The third-order valence-corrected chi connectivity index (χ3v) is 15.8. The van der Waals surface area contributed by atoms with Crippen molar-refractivity contribution in [2.24, 2.45) is 0 Å². The molecule has 8 rings (SSSR count). The van der Waals surface area contributed by atoms with E-state index in [1.54, 1.807) is 0 Å². The van der Waals surface area contributed by atoms with E-state index in [2.05, 4.69) is 152 Å². The molecule has 0 bridgehead atoms. The van der Waals surface area contributed by atoms with Crippen LogP contribution in [0.15, 0.2) is 36.4 Å². The summed E-state index contributed by atoms with van der Waals surface area (Å²) in [5, 5.41) is 10.1. The fraction of sp³-hybridized carbons (Fsp3) is 0.339. The average molecular weight is 776 g/mol. The molecule has 0 aliphatic carbocycles. The molecular formula is C56H61N3. The monoisotopic (exact) mass is 775 g/mol. The number of hydrogen-bond donors (Lipinski definition) is 0. The summed E-state index contributed by atoms with van der Waals surface area (Å²) >= 11 is 0. The third kappa shape index (κ3) is 5.59. The second-order valence-corrected chi connectivity index (χ2v) is 18.2. The summed E-state index contributed by atoms with van der Waals surface area (Å²) in [7, 11) is 0. The second-order valence-electron chi connectivity index (χ2n) is 18.2. The molecule has 0 N–H and O–H groups in total. The second kappa shape index (κ2) is 14.0. The minimum Gasteiger partial charge on any atom is -0.307 e. The van der Waals surface area contributed by atoms with Gasteiger partial charge in [0.25, 0.3) is 0 Å². The Balaban J connectivity index is 1.63. The Morgan fingerprint density at radius 3 is 1.10 bits per heavy atom. The highest BCUT2D eigenvalue weighted by atomic mass is 15.2. The normalized spacial score (nSPS) is 12.9. The maximum Gasteiger partial charge on any atom is 0.0991 e. The van der Waals surface area contributed by atoms with Crippen LogP contribution in [0.3, 0.4) is 0 Å². The van der Waals surface area contributed by atoms with Crippen LogP contribution in [-0.2, 0) is 12.8 Å². The maximum atomic E-state index is 10.1. The van der Waals surface area contributed by atoms with Crippen molar-refractivity contribution < 1.29 is 0 Å². The van der Waals surface area contributed by atoms with E-state index >= 15 is 0 Å². The van der Waals surface area contributed by atoms with E-state index in [-0.39, 0.29) is 0 Å². The largest absolute Gasteiger partial charge is 0.307 e. The van der Waals surface area contributed by atoms with Gasteiger partial charge in [0, 0.05) is 12.8 Å². The fourth-order valence-corrected chi connectivity index (χ4v) is 10.8. The summed E-state index contributed by atoms with van der Waals surface area (Å²) in [6, 6.07) is 15.4. The lowest BCUT2D eigenvalue weighted by atomic mass is 9.79. The number of benzene rings is 6. The van der Waals surface area contributed by atoms with Crippen molar-refractivity contribution in [3.8, 4) is 17.2 Å². The Labute approximate surface area is 354 Å². The first-order chi connectivity index (χ1) is 27.8. The van der Waals surface area contributed by atoms with Crippen LogP contribution in [0, 0.1) is 129 Å². The number of nitrogens with zero attached hydrogens (tertiary/aromatic N) is 3. The Kier molecular flexibility index (Phi) is 9.55. The van der Waals surface area contributed by atoms with Crippen LogP contribution in [-0.4, -0.2) is 0 Å². The molecule has 0 saturated heterocycles. The van der Waals surface area contributed by atoms with Gasteiger partial charge in [-0.3, -0.25) is 0 Å². The van der Waals surface area contributed by atoms with Gasteiger partial charge in [-0.2, -0.15) is 5.26 Å². The predicted molar refractivity (Wildman–Crippen MR) is 252 cm³/mol. The predicted octanol–water partition coefficient (Wildman–Crippen LogP) is 15.2. The molecule has 3 nitrogen and oxygen atoms in total. The number of anilines is 6. The highest BCUT2D eigenvalue weighted by molar-refractivity contribution is 6.02. The average Bonchev–Trinajstić information content (AvgIpc) is 3.24. The van der Waals surface area contributed by atoms with Gasteiger partial charge < -0.3 is 9.80 Å². The molecule has 0 saturated carbocycles. The van der Waals surface area contributed by atoms with Gasteiger partial charge in [-0.25, -0.2) is 0 Å². The first kappa shape index (κ1) is 40.2. The lowest BCUT2D eigenvalue weighted by molar-refractivity contribution is 0.980. The van der Waals surface area contributed by atoms with E-state index in [1.165, 1.54) is 151 Å². The summed E-state index contributed by atoms with van der Waals surface area (Å²) in [6.07, 6.45) is 1.82. The molecule has 6 aromatic rings. The van der Waals surface area contributed by atoms with Crippen LogP contribution in [0.1, 0.15) is 122 Å². The molecule has 2 heterocycles.